The quantitative estimate of drug-likeness (QED) is 0.642. The first-order valence-corrected chi connectivity index (χ1v) is 4.96. The fourth-order valence-corrected chi connectivity index (χ4v) is 1.20. The Morgan fingerprint density at radius 2 is 1.75 bits per heavy atom. The molecule has 0 atom stereocenters. The summed E-state index contributed by atoms with van der Waals surface area (Å²) in [4.78, 5) is 0. The molecule has 2 heteroatoms. The van der Waals surface area contributed by atoms with E-state index < -0.39 is 0 Å². The number of aliphatic hydroxyl groups excluding tert-OH is 1. The SMILES string of the molecule is CCC(CC)(CO)NCC(C)C. The van der Waals surface area contributed by atoms with Gasteiger partial charge in [-0.1, -0.05) is 27.7 Å². The van der Waals surface area contributed by atoms with E-state index in [0.717, 1.165) is 19.4 Å². The van der Waals surface area contributed by atoms with Crippen molar-refractivity contribution in [2.75, 3.05) is 13.2 Å². The molecule has 0 aliphatic heterocycles. The average Bonchev–Trinajstić information content (AvgIpc) is 2.08. The van der Waals surface area contributed by atoms with Crippen LogP contribution in [0.15, 0.2) is 0 Å². The summed E-state index contributed by atoms with van der Waals surface area (Å²) >= 11 is 0. The monoisotopic (exact) mass is 173 g/mol. The van der Waals surface area contributed by atoms with Crippen LogP contribution >= 0.6 is 0 Å². The highest BCUT2D eigenvalue weighted by Crippen LogP contribution is 2.14. The largest absolute Gasteiger partial charge is 0.394 e. The zero-order valence-corrected chi connectivity index (χ0v) is 8.85. The molecule has 2 N–H and O–H groups in total. The van der Waals surface area contributed by atoms with Crippen molar-refractivity contribution >= 4 is 0 Å². The Kier molecular flexibility index (Phi) is 5.51. The molecular weight excluding hydrogens is 150 g/mol. The van der Waals surface area contributed by atoms with Gasteiger partial charge in [0.25, 0.3) is 0 Å². The van der Waals surface area contributed by atoms with Crippen molar-refractivity contribution in [2.24, 2.45) is 5.92 Å². The van der Waals surface area contributed by atoms with Crippen molar-refractivity contribution in [3.05, 3.63) is 0 Å². The lowest BCUT2D eigenvalue weighted by Gasteiger charge is -2.31. The molecule has 2 nitrogen and oxygen atoms in total. The predicted octanol–water partition coefficient (Wildman–Crippen LogP) is 1.78. The standard InChI is InChI=1S/C10H23NO/c1-5-10(6-2,8-12)11-7-9(3)4/h9,11-12H,5-8H2,1-4H3. The highest BCUT2D eigenvalue weighted by Gasteiger charge is 2.23. The van der Waals surface area contributed by atoms with E-state index in [0.29, 0.717) is 5.92 Å². The van der Waals surface area contributed by atoms with Crippen LogP contribution in [0.5, 0.6) is 0 Å². The van der Waals surface area contributed by atoms with E-state index in [1.54, 1.807) is 0 Å². The Hall–Kier alpha value is -0.0800. The minimum absolute atomic E-state index is 0.0374. The van der Waals surface area contributed by atoms with Gasteiger partial charge in [-0.25, -0.2) is 0 Å². The Morgan fingerprint density at radius 1 is 1.25 bits per heavy atom. The van der Waals surface area contributed by atoms with Crippen molar-refractivity contribution in [3.63, 3.8) is 0 Å². The van der Waals surface area contributed by atoms with Gasteiger partial charge >= 0.3 is 0 Å². The fraction of sp³-hybridized carbons (Fsp3) is 1.00. The average molecular weight is 173 g/mol. The van der Waals surface area contributed by atoms with Crippen molar-refractivity contribution in [1.29, 1.82) is 0 Å². The van der Waals surface area contributed by atoms with Gasteiger partial charge in [-0.05, 0) is 25.3 Å². The van der Waals surface area contributed by atoms with Crippen LogP contribution in [0.25, 0.3) is 0 Å². The van der Waals surface area contributed by atoms with Gasteiger partial charge in [-0.15, -0.1) is 0 Å². The highest BCUT2D eigenvalue weighted by molar-refractivity contribution is 4.84. The van der Waals surface area contributed by atoms with Crippen LogP contribution in [0.3, 0.4) is 0 Å². The second-order valence-corrected chi connectivity index (χ2v) is 3.92. The summed E-state index contributed by atoms with van der Waals surface area (Å²) in [5.74, 6) is 0.647. The third kappa shape index (κ3) is 3.55. The molecule has 0 aromatic heterocycles. The fourth-order valence-electron chi connectivity index (χ4n) is 1.20. The molecule has 0 heterocycles. The minimum atomic E-state index is -0.0374. The van der Waals surface area contributed by atoms with Crippen LogP contribution < -0.4 is 5.32 Å². The Balaban J connectivity index is 3.93. The number of hydrogen-bond acceptors (Lipinski definition) is 2. The number of aliphatic hydroxyl groups is 1. The van der Waals surface area contributed by atoms with Gasteiger partial charge in [-0.3, -0.25) is 0 Å². The number of hydrogen-bond donors (Lipinski definition) is 2. The second kappa shape index (κ2) is 5.55. The van der Waals surface area contributed by atoms with Crippen LogP contribution in [0.2, 0.25) is 0 Å². The summed E-state index contributed by atoms with van der Waals surface area (Å²) in [5, 5.41) is 12.7. The molecular formula is C10H23NO. The molecule has 0 fully saturated rings. The van der Waals surface area contributed by atoms with E-state index in [4.69, 9.17) is 0 Å². The minimum Gasteiger partial charge on any atom is -0.394 e. The smallest absolute Gasteiger partial charge is 0.0613 e. The summed E-state index contributed by atoms with van der Waals surface area (Å²) in [6.45, 7) is 9.83. The van der Waals surface area contributed by atoms with Gasteiger partial charge in [0.15, 0.2) is 0 Å². The molecule has 0 aliphatic carbocycles. The third-order valence-electron chi connectivity index (χ3n) is 2.54. The second-order valence-electron chi connectivity index (χ2n) is 3.92. The number of nitrogens with one attached hydrogen (secondary N) is 1. The van der Waals surface area contributed by atoms with E-state index in [1.807, 2.05) is 0 Å². The molecule has 0 amide bonds. The van der Waals surface area contributed by atoms with E-state index in [9.17, 15) is 5.11 Å². The lowest BCUT2D eigenvalue weighted by atomic mass is 9.93. The molecule has 0 spiro atoms. The third-order valence-corrected chi connectivity index (χ3v) is 2.54. The molecule has 0 aliphatic rings. The molecule has 12 heavy (non-hydrogen) atoms. The van der Waals surface area contributed by atoms with Crippen LogP contribution in [0, 0.1) is 5.92 Å². The summed E-state index contributed by atoms with van der Waals surface area (Å²) in [7, 11) is 0. The molecule has 0 unspecified atom stereocenters. The van der Waals surface area contributed by atoms with Gasteiger partial charge < -0.3 is 10.4 Å². The maximum Gasteiger partial charge on any atom is 0.0613 e. The summed E-state index contributed by atoms with van der Waals surface area (Å²) in [5.41, 5.74) is -0.0374. The van der Waals surface area contributed by atoms with E-state index >= 15 is 0 Å². The van der Waals surface area contributed by atoms with Gasteiger partial charge in [0.2, 0.25) is 0 Å². The molecule has 0 radical (unpaired) electrons. The summed E-state index contributed by atoms with van der Waals surface area (Å²) in [6, 6.07) is 0. The lowest BCUT2D eigenvalue weighted by molar-refractivity contribution is 0.147. The van der Waals surface area contributed by atoms with Crippen molar-refractivity contribution in [3.8, 4) is 0 Å². The topological polar surface area (TPSA) is 32.3 Å². The molecule has 0 saturated heterocycles. The molecule has 0 bridgehead atoms. The maximum atomic E-state index is 9.23. The van der Waals surface area contributed by atoms with Gasteiger partial charge in [0.1, 0.15) is 0 Å². The summed E-state index contributed by atoms with van der Waals surface area (Å²) < 4.78 is 0. The normalized spacial score (nSPS) is 12.5. The zero-order valence-electron chi connectivity index (χ0n) is 8.85. The van der Waals surface area contributed by atoms with Crippen LogP contribution in [-0.4, -0.2) is 23.8 Å². The van der Waals surface area contributed by atoms with E-state index in [-0.39, 0.29) is 12.1 Å². The predicted molar refractivity (Wildman–Crippen MR) is 53.2 cm³/mol. The van der Waals surface area contributed by atoms with Crippen LogP contribution in [-0.2, 0) is 0 Å². The first-order valence-electron chi connectivity index (χ1n) is 4.96. The molecule has 0 aromatic rings. The van der Waals surface area contributed by atoms with Gasteiger partial charge in [0.05, 0.1) is 6.61 Å². The first kappa shape index (κ1) is 11.9. The molecule has 0 rings (SSSR count). The Bertz CT molecular complexity index is 100. The molecule has 0 aromatic carbocycles. The van der Waals surface area contributed by atoms with Crippen molar-refractivity contribution in [2.45, 2.75) is 46.1 Å². The Morgan fingerprint density at radius 3 is 2.00 bits per heavy atom. The first-order chi connectivity index (χ1) is 5.60. The van der Waals surface area contributed by atoms with Gasteiger partial charge in [-0.2, -0.15) is 0 Å². The molecule has 74 valence electrons. The van der Waals surface area contributed by atoms with Crippen molar-refractivity contribution < 1.29 is 5.11 Å². The molecule has 0 saturated carbocycles. The van der Waals surface area contributed by atoms with E-state index in [1.165, 1.54) is 0 Å². The van der Waals surface area contributed by atoms with Crippen LogP contribution in [0.4, 0.5) is 0 Å². The maximum absolute atomic E-state index is 9.23. The van der Waals surface area contributed by atoms with Gasteiger partial charge in [0, 0.05) is 5.54 Å². The lowest BCUT2D eigenvalue weighted by Crippen LogP contribution is -2.48. The van der Waals surface area contributed by atoms with Crippen molar-refractivity contribution in [1.82, 2.24) is 5.32 Å². The Labute approximate surface area is 76.4 Å². The van der Waals surface area contributed by atoms with Crippen LogP contribution in [0.1, 0.15) is 40.5 Å². The van der Waals surface area contributed by atoms with E-state index in [2.05, 4.69) is 33.0 Å². The summed E-state index contributed by atoms with van der Waals surface area (Å²) in [6.07, 6.45) is 1.99. The highest BCUT2D eigenvalue weighted by atomic mass is 16.3. The number of rotatable bonds is 6. The zero-order chi connectivity index (χ0) is 9.61.